The molecule has 1 aromatic carbocycles. The first kappa shape index (κ1) is 10.5. The number of aryl methyl sites for hydroxylation is 1. The Balaban J connectivity index is 2.36. The van der Waals surface area contributed by atoms with Crippen LogP contribution in [0.25, 0.3) is 0 Å². The molecule has 15 heavy (non-hydrogen) atoms. The third kappa shape index (κ3) is 2.31. The van der Waals surface area contributed by atoms with Crippen molar-refractivity contribution >= 4 is 0 Å². The summed E-state index contributed by atoms with van der Waals surface area (Å²) in [5, 5.41) is 0. The molecule has 0 N–H and O–H groups in total. The van der Waals surface area contributed by atoms with Gasteiger partial charge in [0.1, 0.15) is 0 Å². The molecule has 2 rings (SSSR count). The van der Waals surface area contributed by atoms with Gasteiger partial charge in [0.25, 0.3) is 0 Å². The molecule has 0 amide bonds. The van der Waals surface area contributed by atoms with E-state index in [1.807, 2.05) is 0 Å². The molecule has 0 saturated heterocycles. The first-order valence-electron chi connectivity index (χ1n) is 4.84. The lowest BCUT2D eigenvalue weighted by atomic mass is 10.0. The Morgan fingerprint density at radius 1 is 1.13 bits per heavy atom. The minimum absolute atomic E-state index is 0.291. The van der Waals surface area contributed by atoms with Gasteiger partial charge in [0, 0.05) is 6.61 Å². The van der Waals surface area contributed by atoms with E-state index in [0.717, 1.165) is 24.5 Å². The van der Waals surface area contributed by atoms with Crippen molar-refractivity contribution in [2.75, 3.05) is 6.61 Å². The maximum atomic E-state index is 12.4. The molecule has 1 nitrogen and oxygen atoms in total. The Hall–Kier alpha value is -1.03. The molecule has 0 bridgehead atoms. The number of rotatable bonds is 0. The lowest BCUT2D eigenvalue weighted by Crippen LogP contribution is -2.06. The summed E-state index contributed by atoms with van der Waals surface area (Å²) in [7, 11) is 0. The molecule has 0 unspecified atom stereocenters. The molecule has 0 spiro atoms. The monoisotopic (exact) mass is 216 g/mol. The van der Waals surface area contributed by atoms with Crippen molar-refractivity contribution in [1.29, 1.82) is 0 Å². The summed E-state index contributed by atoms with van der Waals surface area (Å²) in [6.07, 6.45) is -2.59. The second kappa shape index (κ2) is 3.85. The molecule has 0 aromatic heterocycles. The van der Waals surface area contributed by atoms with E-state index in [0.29, 0.717) is 18.8 Å². The summed E-state index contributed by atoms with van der Waals surface area (Å²) < 4.78 is 42.5. The van der Waals surface area contributed by atoms with Gasteiger partial charge in [-0.15, -0.1) is 0 Å². The number of fused-ring (bicyclic) bond motifs is 1. The minimum atomic E-state index is -4.26. The number of hydrogen-bond donors (Lipinski definition) is 0. The van der Waals surface area contributed by atoms with Gasteiger partial charge in [0.05, 0.1) is 12.2 Å². The molecule has 1 heterocycles. The highest BCUT2D eigenvalue weighted by atomic mass is 19.4. The van der Waals surface area contributed by atoms with Gasteiger partial charge in [0.15, 0.2) is 0 Å². The predicted molar refractivity (Wildman–Crippen MR) is 49.4 cm³/mol. The third-order valence-electron chi connectivity index (χ3n) is 2.53. The fourth-order valence-corrected chi connectivity index (χ4v) is 1.73. The largest absolute Gasteiger partial charge is 0.416 e. The fourth-order valence-electron chi connectivity index (χ4n) is 1.73. The van der Waals surface area contributed by atoms with Crippen LogP contribution >= 0.6 is 0 Å². The van der Waals surface area contributed by atoms with Crippen LogP contribution in [0, 0.1) is 0 Å². The quantitative estimate of drug-likeness (QED) is 0.647. The summed E-state index contributed by atoms with van der Waals surface area (Å²) in [5.74, 6) is 0. The molecule has 0 radical (unpaired) electrons. The number of ether oxygens (including phenoxy) is 1. The lowest BCUT2D eigenvalue weighted by Gasteiger charge is -2.10. The fraction of sp³-hybridized carbons (Fsp3) is 0.455. The van der Waals surface area contributed by atoms with Crippen molar-refractivity contribution < 1.29 is 17.9 Å². The molecule has 0 fully saturated rings. The molecule has 0 aliphatic carbocycles. The van der Waals surface area contributed by atoms with Crippen LogP contribution in [0.3, 0.4) is 0 Å². The Kier molecular flexibility index (Phi) is 2.69. The first-order chi connectivity index (χ1) is 7.07. The molecule has 0 saturated carbocycles. The van der Waals surface area contributed by atoms with Crippen molar-refractivity contribution in [1.82, 2.24) is 0 Å². The maximum Gasteiger partial charge on any atom is 0.416 e. The van der Waals surface area contributed by atoms with Gasteiger partial charge in [-0.2, -0.15) is 13.2 Å². The van der Waals surface area contributed by atoms with Gasteiger partial charge >= 0.3 is 6.18 Å². The van der Waals surface area contributed by atoms with Crippen LogP contribution in [-0.4, -0.2) is 6.61 Å². The van der Waals surface area contributed by atoms with E-state index < -0.39 is 11.7 Å². The highest BCUT2D eigenvalue weighted by Crippen LogP contribution is 2.31. The summed E-state index contributed by atoms with van der Waals surface area (Å²) in [6.45, 7) is 0.912. The van der Waals surface area contributed by atoms with E-state index in [9.17, 15) is 13.2 Å². The van der Waals surface area contributed by atoms with E-state index in [-0.39, 0.29) is 0 Å². The smallest absolute Gasteiger partial charge is 0.377 e. The van der Waals surface area contributed by atoms with Crippen molar-refractivity contribution in [2.45, 2.75) is 25.6 Å². The third-order valence-corrected chi connectivity index (χ3v) is 2.53. The van der Waals surface area contributed by atoms with Crippen LogP contribution in [0.1, 0.15) is 23.1 Å². The number of hydrogen-bond acceptors (Lipinski definition) is 1. The van der Waals surface area contributed by atoms with Crippen molar-refractivity contribution in [3.8, 4) is 0 Å². The highest BCUT2D eigenvalue weighted by Gasteiger charge is 2.31. The number of halogens is 3. The number of alkyl halides is 3. The van der Waals surface area contributed by atoms with E-state index in [1.165, 1.54) is 6.07 Å². The van der Waals surface area contributed by atoms with Crippen LogP contribution in [0.4, 0.5) is 13.2 Å². The minimum Gasteiger partial charge on any atom is -0.377 e. The normalized spacial score (nSPS) is 17.0. The molecule has 1 aliphatic rings. The van der Waals surface area contributed by atoms with E-state index >= 15 is 0 Å². The summed E-state index contributed by atoms with van der Waals surface area (Å²) in [6, 6.07) is 3.90. The van der Waals surface area contributed by atoms with Gasteiger partial charge in [-0.05, 0) is 36.1 Å². The van der Waals surface area contributed by atoms with Crippen LogP contribution in [0.2, 0.25) is 0 Å². The number of benzene rings is 1. The summed E-state index contributed by atoms with van der Waals surface area (Å²) >= 11 is 0. The molecular weight excluding hydrogens is 205 g/mol. The second-order valence-corrected chi connectivity index (χ2v) is 3.64. The molecule has 0 atom stereocenters. The highest BCUT2D eigenvalue weighted by molar-refractivity contribution is 5.33. The first-order valence-corrected chi connectivity index (χ1v) is 4.84. The maximum absolute atomic E-state index is 12.4. The second-order valence-electron chi connectivity index (χ2n) is 3.64. The van der Waals surface area contributed by atoms with E-state index in [2.05, 4.69) is 0 Å². The van der Waals surface area contributed by atoms with Crippen LogP contribution < -0.4 is 0 Å². The van der Waals surface area contributed by atoms with Gasteiger partial charge in [-0.25, -0.2) is 0 Å². The van der Waals surface area contributed by atoms with Gasteiger partial charge < -0.3 is 4.74 Å². The molecule has 4 heteroatoms. The lowest BCUT2D eigenvalue weighted by molar-refractivity contribution is -0.137. The van der Waals surface area contributed by atoms with E-state index in [1.54, 1.807) is 6.07 Å². The zero-order chi connectivity index (χ0) is 10.9. The average molecular weight is 216 g/mol. The zero-order valence-corrected chi connectivity index (χ0v) is 8.10. The SMILES string of the molecule is FC(F)(F)c1ccc2c(c1)COCCC2. The Morgan fingerprint density at radius 3 is 2.67 bits per heavy atom. The van der Waals surface area contributed by atoms with Crippen LogP contribution in [-0.2, 0) is 23.9 Å². The van der Waals surface area contributed by atoms with Crippen LogP contribution in [0.15, 0.2) is 18.2 Å². The summed E-state index contributed by atoms with van der Waals surface area (Å²) in [5.41, 5.74) is 1.05. The van der Waals surface area contributed by atoms with Crippen LogP contribution in [0.5, 0.6) is 0 Å². The topological polar surface area (TPSA) is 9.23 Å². The van der Waals surface area contributed by atoms with Crippen molar-refractivity contribution in [3.05, 3.63) is 34.9 Å². The zero-order valence-electron chi connectivity index (χ0n) is 8.10. The molecular formula is C11H11F3O. The Morgan fingerprint density at radius 2 is 1.93 bits per heavy atom. The molecule has 1 aromatic rings. The van der Waals surface area contributed by atoms with Gasteiger partial charge in [0.2, 0.25) is 0 Å². The van der Waals surface area contributed by atoms with Gasteiger partial charge in [-0.3, -0.25) is 0 Å². The van der Waals surface area contributed by atoms with Crippen molar-refractivity contribution in [2.24, 2.45) is 0 Å². The molecule has 1 aliphatic heterocycles. The standard InChI is InChI=1S/C11H11F3O/c12-11(13,14)10-4-3-8-2-1-5-15-7-9(8)6-10/h3-4,6H,1-2,5,7H2. The molecule has 82 valence electrons. The van der Waals surface area contributed by atoms with Gasteiger partial charge in [-0.1, -0.05) is 6.07 Å². The van der Waals surface area contributed by atoms with Crippen molar-refractivity contribution in [3.63, 3.8) is 0 Å². The Bertz CT molecular complexity index is 357. The Labute approximate surface area is 85.9 Å². The van der Waals surface area contributed by atoms with E-state index in [4.69, 9.17) is 4.74 Å². The summed E-state index contributed by atoms with van der Waals surface area (Å²) in [4.78, 5) is 0. The average Bonchev–Trinajstić information content (AvgIpc) is 2.39. The predicted octanol–water partition coefficient (Wildman–Crippen LogP) is 3.17.